The number of amides is 3. The number of aliphatic carboxylic acids is 1. The first-order chi connectivity index (χ1) is 20.0. The van der Waals surface area contributed by atoms with Crippen molar-refractivity contribution in [1.82, 2.24) is 15.1 Å². The van der Waals surface area contributed by atoms with Crippen molar-refractivity contribution >= 4 is 35.1 Å². The molecule has 0 aliphatic carbocycles. The lowest BCUT2D eigenvalue weighted by atomic mass is 10.0. The number of carboxylic acids is 1. The van der Waals surface area contributed by atoms with E-state index >= 15 is 0 Å². The van der Waals surface area contributed by atoms with Gasteiger partial charge in [0.25, 0.3) is 29.1 Å². The minimum atomic E-state index is -1.68. The molecule has 1 saturated heterocycles. The van der Waals surface area contributed by atoms with Crippen molar-refractivity contribution in [2.24, 2.45) is 0 Å². The van der Waals surface area contributed by atoms with Crippen LogP contribution in [-0.4, -0.2) is 67.7 Å². The molecular formula is C27H22FN5O9. The number of carbonyl (C=O) groups is 4. The lowest BCUT2D eigenvalue weighted by Gasteiger charge is -2.31. The Morgan fingerprint density at radius 1 is 0.857 bits per heavy atom. The van der Waals surface area contributed by atoms with E-state index in [-0.39, 0.29) is 41.2 Å². The Hall–Kier alpha value is -5.73. The summed E-state index contributed by atoms with van der Waals surface area (Å²) >= 11 is 0. The van der Waals surface area contributed by atoms with E-state index in [4.69, 9.17) is 0 Å². The van der Waals surface area contributed by atoms with Crippen LogP contribution in [0.15, 0.2) is 72.8 Å². The summed E-state index contributed by atoms with van der Waals surface area (Å²) in [6, 6.07) is 13.0. The number of non-ortho nitro benzene ring substituents is 2. The molecule has 216 valence electrons. The van der Waals surface area contributed by atoms with Crippen molar-refractivity contribution in [2.75, 3.05) is 13.1 Å². The average Bonchev–Trinajstić information content (AvgIpc) is 3.41. The lowest BCUT2D eigenvalue weighted by Crippen LogP contribution is -2.54. The summed E-state index contributed by atoms with van der Waals surface area (Å²) in [5, 5.41) is 34.5. The molecule has 3 amide bonds. The van der Waals surface area contributed by atoms with Gasteiger partial charge in [-0.3, -0.25) is 39.4 Å². The summed E-state index contributed by atoms with van der Waals surface area (Å²) in [7, 11) is 0. The summed E-state index contributed by atoms with van der Waals surface area (Å²) in [6.07, 6.45) is -2.38. The molecule has 3 aromatic rings. The van der Waals surface area contributed by atoms with E-state index in [0.717, 1.165) is 34.1 Å². The van der Waals surface area contributed by atoms with E-state index in [9.17, 15) is 48.9 Å². The van der Waals surface area contributed by atoms with E-state index in [2.05, 4.69) is 5.32 Å². The summed E-state index contributed by atoms with van der Waals surface area (Å²) < 4.78 is 13.9. The smallest absolute Gasteiger partial charge is 0.305 e. The molecule has 1 heterocycles. The number of carboxylic acid groups (broad SMARTS) is 1. The minimum absolute atomic E-state index is 0.0810. The van der Waals surface area contributed by atoms with Crippen molar-refractivity contribution in [3.8, 4) is 0 Å². The maximum atomic E-state index is 13.9. The molecule has 0 bridgehead atoms. The van der Waals surface area contributed by atoms with Gasteiger partial charge in [-0.05, 0) is 29.8 Å². The van der Waals surface area contributed by atoms with E-state index in [1.165, 1.54) is 48.5 Å². The van der Waals surface area contributed by atoms with Gasteiger partial charge >= 0.3 is 5.97 Å². The van der Waals surface area contributed by atoms with Crippen LogP contribution in [0.1, 0.15) is 38.7 Å². The number of halogens is 1. The Bertz CT molecular complexity index is 1600. The van der Waals surface area contributed by atoms with Crippen LogP contribution in [0.3, 0.4) is 0 Å². The highest BCUT2D eigenvalue weighted by molar-refractivity contribution is 6.02. The molecule has 14 nitrogen and oxygen atoms in total. The van der Waals surface area contributed by atoms with Crippen LogP contribution in [0.25, 0.3) is 0 Å². The first kappa shape index (κ1) is 29.3. The van der Waals surface area contributed by atoms with Crippen molar-refractivity contribution in [3.05, 3.63) is 116 Å². The third-order valence-corrected chi connectivity index (χ3v) is 6.48. The minimum Gasteiger partial charge on any atom is -0.481 e. The predicted octanol–water partition coefficient (Wildman–Crippen LogP) is 2.90. The molecule has 0 radical (unpaired) electrons. The second-order valence-electron chi connectivity index (χ2n) is 9.20. The molecule has 2 N–H and O–H groups in total. The molecule has 1 aliphatic rings. The number of hydrogen-bond acceptors (Lipinski definition) is 8. The molecule has 1 fully saturated rings. The molecule has 0 spiro atoms. The Balaban J connectivity index is 1.72. The van der Waals surface area contributed by atoms with E-state index < -0.39 is 58.0 Å². The van der Waals surface area contributed by atoms with Gasteiger partial charge < -0.3 is 20.2 Å². The molecular weight excluding hydrogens is 557 g/mol. The maximum absolute atomic E-state index is 13.9. The van der Waals surface area contributed by atoms with Crippen LogP contribution in [-0.2, 0) is 9.59 Å². The Kier molecular flexibility index (Phi) is 8.50. The van der Waals surface area contributed by atoms with Gasteiger partial charge in [0.15, 0.2) is 6.17 Å². The zero-order valence-corrected chi connectivity index (χ0v) is 21.6. The quantitative estimate of drug-likeness (QED) is 0.283. The Morgan fingerprint density at radius 2 is 1.38 bits per heavy atom. The number of hydrogen-bond donors (Lipinski definition) is 2. The number of nitro benzene ring substituents is 2. The standard InChI is InChI=1S/C27H22FN5O9/c28-19-7-1-5-17(12-19)26(37)30-10-11-31(27(38)18-6-3-9-21(14-18)33(41)42)25(30)24(36)29-22(15-23(34)35)16-4-2-8-20(13-16)32(39)40/h1-9,12-14,22,25H,10-11,15H2,(H,29,36)(H,34,35). The fourth-order valence-electron chi connectivity index (χ4n) is 4.57. The molecule has 4 rings (SSSR count). The van der Waals surface area contributed by atoms with E-state index in [0.29, 0.717) is 0 Å². The van der Waals surface area contributed by atoms with Crippen LogP contribution in [0.4, 0.5) is 15.8 Å². The number of nitrogens with zero attached hydrogens (tertiary/aromatic N) is 4. The summed E-state index contributed by atoms with van der Waals surface area (Å²) in [6.45, 7) is -0.379. The maximum Gasteiger partial charge on any atom is 0.305 e. The van der Waals surface area contributed by atoms with Gasteiger partial charge in [0.1, 0.15) is 5.82 Å². The highest BCUT2D eigenvalue weighted by atomic mass is 19.1. The summed E-state index contributed by atoms with van der Waals surface area (Å²) in [5.74, 6) is -4.73. The third kappa shape index (κ3) is 6.35. The number of carbonyl (C=O) groups excluding carboxylic acids is 3. The molecule has 2 unspecified atom stereocenters. The van der Waals surface area contributed by atoms with E-state index in [1.54, 1.807) is 0 Å². The largest absolute Gasteiger partial charge is 0.481 e. The SMILES string of the molecule is O=C(O)CC(NC(=O)C1N(C(=O)c2cccc(F)c2)CCN1C(=O)c1cccc([N+](=O)[O-])c1)c1cccc([N+](=O)[O-])c1. The van der Waals surface area contributed by atoms with E-state index in [1.807, 2.05) is 0 Å². The second-order valence-corrected chi connectivity index (χ2v) is 9.20. The highest BCUT2D eigenvalue weighted by Crippen LogP contribution is 2.26. The molecule has 42 heavy (non-hydrogen) atoms. The normalized spacial score (nSPS) is 15.1. The molecule has 2 atom stereocenters. The topological polar surface area (TPSA) is 193 Å². The Morgan fingerprint density at radius 3 is 1.93 bits per heavy atom. The zero-order valence-electron chi connectivity index (χ0n) is 21.6. The first-order valence-electron chi connectivity index (χ1n) is 12.3. The van der Waals surface area contributed by atoms with Crippen LogP contribution in [0, 0.1) is 26.0 Å². The monoisotopic (exact) mass is 579 g/mol. The van der Waals surface area contributed by atoms with Crippen LogP contribution < -0.4 is 5.32 Å². The van der Waals surface area contributed by atoms with Gasteiger partial charge in [-0.1, -0.05) is 24.3 Å². The van der Waals surface area contributed by atoms with Gasteiger partial charge in [0, 0.05) is 48.5 Å². The number of benzene rings is 3. The van der Waals surface area contributed by atoms with Gasteiger partial charge in [-0.25, -0.2) is 4.39 Å². The van der Waals surface area contributed by atoms with Gasteiger partial charge in [-0.15, -0.1) is 0 Å². The summed E-state index contributed by atoms with van der Waals surface area (Å²) in [5.41, 5.74) is -0.942. The lowest BCUT2D eigenvalue weighted by molar-refractivity contribution is -0.385. The van der Waals surface area contributed by atoms with Crippen molar-refractivity contribution in [3.63, 3.8) is 0 Å². The van der Waals surface area contributed by atoms with Crippen LogP contribution in [0.2, 0.25) is 0 Å². The fraction of sp³-hybridized carbons (Fsp3) is 0.185. The molecule has 3 aromatic carbocycles. The number of rotatable bonds is 9. The zero-order chi connectivity index (χ0) is 30.6. The van der Waals surface area contributed by atoms with Crippen LogP contribution >= 0.6 is 0 Å². The molecule has 0 aromatic heterocycles. The van der Waals surface area contributed by atoms with Gasteiger partial charge in [-0.2, -0.15) is 0 Å². The molecule has 15 heteroatoms. The Labute approximate surface area is 236 Å². The predicted molar refractivity (Wildman–Crippen MR) is 142 cm³/mol. The second kappa shape index (κ2) is 12.2. The molecule has 0 saturated carbocycles. The van der Waals surface area contributed by atoms with Gasteiger partial charge in [0.2, 0.25) is 0 Å². The van der Waals surface area contributed by atoms with Crippen molar-refractivity contribution in [1.29, 1.82) is 0 Å². The first-order valence-corrected chi connectivity index (χ1v) is 12.3. The number of nitro groups is 2. The highest BCUT2D eigenvalue weighted by Gasteiger charge is 2.44. The number of nitrogens with one attached hydrogen (secondary N) is 1. The van der Waals surface area contributed by atoms with Crippen molar-refractivity contribution in [2.45, 2.75) is 18.6 Å². The fourth-order valence-corrected chi connectivity index (χ4v) is 4.57. The van der Waals surface area contributed by atoms with Gasteiger partial charge in [0.05, 0.1) is 22.3 Å². The molecule has 1 aliphatic heterocycles. The van der Waals surface area contributed by atoms with Crippen LogP contribution in [0.5, 0.6) is 0 Å². The third-order valence-electron chi connectivity index (χ3n) is 6.48. The van der Waals surface area contributed by atoms with Crippen molar-refractivity contribution < 1.29 is 38.5 Å². The summed E-state index contributed by atoms with van der Waals surface area (Å²) in [4.78, 5) is 75.4. The average molecular weight is 579 g/mol.